The van der Waals surface area contributed by atoms with E-state index in [1.54, 1.807) is 10.4 Å². The molecule has 1 aromatic heterocycles. The van der Waals surface area contributed by atoms with Crippen LogP contribution in [0.2, 0.25) is 0 Å². The molecule has 1 aromatic carbocycles. The van der Waals surface area contributed by atoms with Crippen molar-refractivity contribution in [2.45, 2.75) is 32.3 Å². The van der Waals surface area contributed by atoms with Crippen molar-refractivity contribution >= 4 is 10.2 Å². The van der Waals surface area contributed by atoms with Crippen molar-refractivity contribution in [3.05, 3.63) is 64.7 Å². The molecule has 1 atom stereocenters. The predicted octanol–water partition coefficient (Wildman–Crippen LogP) is 2.83. The standard InChI is InChI=1S/C21H26FN3O3S/c1-16-11-18(12-17-5-4-6-19(22)13-17)14-20(23-16)21-15-25(9-10-28-21)29(26,27)24-7-2-3-8-24/h4-6,11,13-14,21H,2-3,7-10,12,15H2,1H3/t21-/m0/s1. The lowest BCUT2D eigenvalue weighted by Crippen LogP contribution is -2.48. The SMILES string of the molecule is Cc1cc(Cc2cccc(F)c2)cc([C@@H]2CN(S(=O)(=O)N3CCCC3)CCO2)n1. The van der Waals surface area contributed by atoms with Gasteiger partial charge in [-0.2, -0.15) is 17.0 Å². The van der Waals surface area contributed by atoms with Gasteiger partial charge in [-0.05, 0) is 61.6 Å². The molecule has 0 radical (unpaired) electrons. The molecular formula is C21H26FN3O3S. The maximum Gasteiger partial charge on any atom is 0.282 e. The first-order valence-corrected chi connectivity index (χ1v) is 11.4. The lowest BCUT2D eigenvalue weighted by Gasteiger charge is -2.34. The summed E-state index contributed by atoms with van der Waals surface area (Å²) in [6.45, 7) is 4.04. The molecule has 2 aromatic rings. The summed E-state index contributed by atoms with van der Waals surface area (Å²) in [5.74, 6) is -0.258. The Morgan fingerprint density at radius 3 is 2.66 bits per heavy atom. The van der Waals surface area contributed by atoms with E-state index in [-0.39, 0.29) is 12.4 Å². The average molecular weight is 420 g/mol. The maximum absolute atomic E-state index is 13.5. The lowest BCUT2D eigenvalue weighted by molar-refractivity contribution is -0.00656. The Bertz CT molecular complexity index is 977. The van der Waals surface area contributed by atoms with E-state index in [4.69, 9.17) is 4.74 Å². The number of hydrogen-bond donors (Lipinski definition) is 0. The first-order valence-electron chi connectivity index (χ1n) is 10.0. The van der Waals surface area contributed by atoms with Crippen LogP contribution in [0.4, 0.5) is 4.39 Å². The molecule has 0 saturated carbocycles. The van der Waals surface area contributed by atoms with Gasteiger partial charge in [0.2, 0.25) is 0 Å². The second kappa shape index (κ2) is 8.47. The Labute approximate surface area is 171 Å². The Kier molecular flexibility index (Phi) is 5.96. The van der Waals surface area contributed by atoms with Gasteiger partial charge in [0.1, 0.15) is 11.9 Å². The zero-order chi connectivity index (χ0) is 20.4. The molecule has 0 N–H and O–H groups in total. The molecule has 2 aliphatic heterocycles. The van der Waals surface area contributed by atoms with Crippen molar-refractivity contribution < 1.29 is 17.5 Å². The Morgan fingerprint density at radius 1 is 1.10 bits per heavy atom. The van der Waals surface area contributed by atoms with E-state index in [1.807, 2.05) is 25.1 Å². The topological polar surface area (TPSA) is 62.7 Å². The fourth-order valence-corrected chi connectivity index (χ4v) is 5.69. The van der Waals surface area contributed by atoms with Gasteiger partial charge in [0.15, 0.2) is 0 Å². The van der Waals surface area contributed by atoms with Crippen molar-refractivity contribution in [3.8, 4) is 0 Å². The first kappa shape index (κ1) is 20.4. The number of aryl methyl sites for hydroxylation is 1. The molecule has 0 spiro atoms. The molecule has 3 heterocycles. The van der Waals surface area contributed by atoms with Crippen LogP contribution < -0.4 is 0 Å². The number of ether oxygens (including phenoxy) is 1. The number of halogens is 1. The highest BCUT2D eigenvalue weighted by atomic mass is 32.2. The average Bonchev–Trinajstić information content (AvgIpc) is 3.23. The van der Waals surface area contributed by atoms with E-state index in [0.717, 1.165) is 35.4 Å². The Hall–Kier alpha value is -1.87. The summed E-state index contributed by atoms with van der Waals surface area (Å²) in [5.41, 5.74) is 3.43. The van der Waals surface area contributed by atoms with E-state index in [2.05, 4.69) is 4.98 Å². The largest absolute Gasteiger partial charge is 0.369 e. The highest BCUT2D eigenvalue weighted by Gasteiger charge is 2.36. The fraction of sp³-hybridized carbons (Fsp3) is 0.476. The molecule has 2 aliphatic rings. The molecular weight excluding hydrogens is 393 g/mol. The van der Waals surface area contributed by atoms with Crippen LogP contribution in [0, 0.1) is 12.7 Å². The monoisotopic (exact) mass is 419 g/mol. The van der Waals surface area contributed by atoms with Gasteiger partial charge >= 0.3 is 0 Å². The van der Waals surface area contributed by atoms with E-state index < -0.39 is 16.3 Å². The summed E-state index contributed by atoms with van der Waals surface area (Å²) in [6, 6.07) is 10.4. The Balaban J connectivity index is 1.53. The second-order valence-electron chi connectivity index (χ2n) is 7.68. The normalized spacial score (nSPS) is 21.5. The molecule has 0 unspecified atom stereocenters. The van der Waals surface area contributed by atoms with Gasteiger partial charge in [-0.25, -0.2) is 4.39 Å². The molecule has 156 valence electrons. The van der Waals surface area contributed by atoms with E-state index in [0.29, 0.717) is 32.7 Å². The lowest BCUT2D eigenvalue weighted by atomic mass is 10.0. The highest BCUT2D eigenvalue weighted by Crippen LogP contribution is 2.27. The van der Waals surface area contributed by atoms with E-state index >= 15 is 0 Å². The molecule has 2 fully saturated rings. The summed E-state index contributed by atoms with van der Waals surface area (Å²) >= 11 is 0. The van der Waals surface area contributed by atoms with Gasteiger partial charge in [-0.1, -0.05) is 12.1 Å². The van der Waals surface area contributed by atoms with Gasteiger partial charge in [-0.15, -0.1) is 0 Å². The van der Waals surface area contributed by atoms with Gasteiger partial charge in [-0.3, -0.25) is 4.98 Å². The van der Waals surface area contributed by atoms with Gasteiger partial charge in [0.05, 0.1) is 12.3 Å². The van der Waals surface area contributed by atoms with Crippen LogP contribution in [-0.4, -0.2) is 54.8 Å². The van der Waals surface area contributed by atoms with Crippen molar-refractivity contribution in [1.82, 2.24) is 13.6 Å². The number of nitrogens with zero attached hydrogens (tertiary/aromatic N) is 3. The van der Waals surface area contributed by atoms with Crippen LogP contribution in [0.3, 0.4) is 0 Å². The van der Waals surface area contributed by atoms with E-state index in [9.17, 15) is 12.8 Å². The number of rotatable bonds is 5. The van der Waals surface area contributed by atoms with Crippen LogP contribution in [0.5, 0.6) is 0 Å². The minimum absolute atomic E-state index is 0.258. The van der Waals surface area contributed by atoms with Gasteiger partial charge in [0, 0.05) is 31.9 Å². The van der Waals surface area contributed by atoms with Crippen LogP contribution in [0.15, 0.2) is 36.4 Å². The van der Waals surface area contributed by atoms with Gasteiger partial charge in [0.25, 0.3) is 10.2 Å². The third kappa shape index (κ3) is 4.66. The third-order valence-corrected chi connectivity index (χ3v) is 7.41. The van der Waals surface area contributed by atoms with Crippen LogP contribution in [0.25, 0.3) is 0 Å². The number of pyridine rings is 1. The number of hydrogen-bond acceptors (Lipinski definition) is 4. The minimum atomic E-state index is -3.46. The van der Waals surface area contributed by atoms with Crippen molar-refractivity contribution in [2.24, 2.45) is 0 Å². The van der Waals surface area contributed by atoms with Crippen molar-refractivity contribution in [2.75, 3.05) is 32.8 Å². The highest BCUT2D eigenvalue weighted by molar-refractivity contribution is 7.86. The summed E-state index contributed by atoms with van der Waals surface area (Å²) in [6.07, 6.45) is 2.00. The number of morpholine rings is 1. The maximum atomic E-state index is 13.5. The minimum Gasteiger partial charge on any atom is -0.369 e. The fourth-order valence-electron chi connectivity index (χ4n) is 4.01. The zero-order valence-electron chi connectivity index (χ0n) is 16.6. The third-order valence-electron chi connectivity index (χ3n) is 5.41. The molecule has 0 amide bonds. The van der Waals surface area contributed by atoms with Gasteiger partial charge < -0.3 is 4.74 Å². The second-order valence-corrected chi connectivity index (χ2v) is 9.61. The van der Waals surface area contributed by atoms with Crippen LogP contribution in [-0.2, 0) is 21.4 Å². The number of aromatic nitrogens is 1. The van der Waals surface area contributed by atoms with Crippen molar-refractivity contribution in [1.29, 1.82) is 0 Å². The summed E-state index contributed by atoms with van der Waals surface area (Å²) < 4.78 is 48.3. The molecule has 8 heteroatoms. The first-order chi connectivity index (χ1) is 13.9. The van der Waals surface area contributed by atoms with Crippen molar-refractivity contribution in [3.63, 3.8) is 0 Å². The smallest absolute Gasteiger partial charge is 0.282 e. The number of benzene rings is 1. The molecule has 0 bridgehead atoms. The summed E-state index contributed by atoms with van der Waals surface area (Å²) in [5, 5.41) is 0. The van der Waals surface area contributed by atoms with Crippen LogP contribution in [0.1, 0.15) is 41.5 Å². The molecule has 2 saturated heterocycles. The molecule has 29 heavy (non-hydrogen) atoms. The predicted molar refractivity (Wildman–Crippen MR) is 108 cm³/mol. The quantitative estimate of drug-likeness (QED) is 0.748. The Morgan fingerprint density at radius 2 is 1.90 bits per heavy atom. The van der Waals surface area contributed by atoms with Crippen LogP contribution >= 0.6 is 0 Å². The zero-order valence-corrected chi connectivity index (χ0v) is 17.4. The molecule has 4 rings (SSSR count). The molecule has 6 nitrogen and oxygen atoms in total. The summed E-state index contributed by atoms with van der Waals surface area (Å²) in [4.78, 5) is 4.60. The van der Waals surface area contributed by atoms with E-state index in [1.165, 1.54) is 16.4 Å². The summed E-state index contributed by atoms with van der Waals surface area (Å²) in [7, 11) is -3.46. The molecule has 0 aliphatic carbocycles.